The zero-order chi connectivity index (χ0) is 15.5. The molecule has 0 aliphatic rings. The molecule has 120 valence electrons. The summed E-state index contributed by atoms with van der Waals surface area (Å²) in [6.07, 6.45) is 5.39. The molecule has 1 unspecified atom stereocenters. The molecule has 1 aromatic rings. The van der Waals surface area contributed by atoms with E-state index in [1.54, 1.807) is 0 Å². The molecule has 1 rings (SSSR count). The second kappa shape index (κ2) is 11.1. The zero-order valence-electron chi connectivity index (χ0n) is 14.3. The van der Waals surface area contributed by atoms with Gasteiger partial charge < -0.3 is 5.32 Å². The first kappa shape index (κ1) is 18.6. The largest absolute Gasteiger partial charge is 0.312 e. The van der Waals surface area contributed by atoms with Crippen LogP contribution in [-0.4, -0.2) is 12.3 Å². The van der Waals surface area contributed by atoms with E-state index in [4.69, 9.17) is 0 Å². The third-order valence-corrected chi connectivity index (χ3v) is 5.08. The minimum atomic E-state index is 0.717. The van der Waals surface area contributed by atoms with E-state index in [9.17, 15) is 0 Å². The number of unbranched alkanes of at least 4 members (excludes halogenated alkanes) is 1. The highest BCUT2D eigenvalue weighted by atomic mass is 32.2. The number of thioether (sulfide) groups is 1. The predicted octanol–water partition coefficient (Wildman–Crippen LogP) is 5.74. The SMILES string of the molecule is CCCCC(CC)CSc1ccc(CNCC(C)C)cc1. The normalized spacial score (nSPS) is 12.8. The van der Waals surface area contributed by atoms with Crippen LogP contribution in [0.25, 0.3) is 0 Å². The summed E-state index contributed by atoms with van der Waals surface area (Å²) in [4.78, 5) is 1.41. The fraction of sp³-hybridized carbons (Fsp3) is 0.684. The van der Waals surface area contributed by atoms with Gasteiger partial charge in [0.2, 0.25) is 0 Å². The predicted molar refractivity (Wildman–Crippen MR) is 97.0 cm³/mol. The van der Waals surface area contributed by atoms with Crippen molar-refractivity contribution in [3.63, 3.8) is 0 Å². The molecular formula is C19H33NS. The average molecular weight is 308 g/mol. The third-order valence-electron chi connectivity index (χ3n) is 3.83. The Morgan fingerprint density at radius 3 is 2.38 bits per heavy atom. The average Bonchev–Trinajstić information content (AvgIpc) is 2.48. The van der Waals surface area contributed by atoms with E-state index in [1.807, 2.05) is 11.8 Å². The lowest BCUT2D eigenvalue weighted by Crippen LogP contribution is -2.18. The van der Waals surface area contributed by atoms with Crippen molar-refractivity contribution < 1.29 is 0 Å². The molecule has 0 aromatic heterocycles. The fourth-order valence-corrected chi connectivity index (χ4v) is 3.48. The summed E-state index contributed by atoms with van der Waals surface area (Å²) < 4.78 is 0. The molecule has 0 radical (unpaired) electrons. The van der Waals surface area contributed by atoms with Gasteiger partial charge in [0.1, 0.15) is 0 Å². The van der Waals surface area contributed by atoms with Crippen molar-refractivity contribution in [2.45, 2.75) is 64.8 Å². The van der Waals surface area contributed by atoms with Crippen molar-refractivity contribution >= 4 is 11.8 Å². The van der Waals surface area contributed by atoms with Gasteiger partial charge in [0, 0.05) is 17.2 Å². The zero-order valence-corrected chi connectivity index (χ0v) is 15.1. The topological polar surface area (TPSA) is 12.0 Å². The lowest BCUT2D eigenvalue weighted by Gasteiger charge is -2.14. The van der Waals surface area contributed by atoms with Crippen molar-refractivity contribution in [3.05, 3.63) is 29.8 Å². The van der Waals surface area contributed by atoms with Crippen LogP contribution in [0.1, 0.15) is 58.9 Å². The number of benzene rings is 1. The smallest absolute Gasteiger partial charge is 0.0205 e. The monoisotopic (exact) mass is 307 g/mol. The fourth-order valence-electron chi connectivity index (χ4n) is 2.32. The van der Waals surface area contributed by atoms with Gasteiger partial charge in [-0.15, -0.1) is 11.8 Å². The van der Waals surface area contributed by atoms with Crippen LogP contribution in [0.4, 0.5) is 0 Å². The van der Waals surface area contributed by atoms with E-state index in [0.29, 0.717) is 5.92 Å². The molecule has 0 aliphatic heterocycles. The van der Waals surface area contributed by atoms with Gasteiger partial charge in [0.05, 0.1) is 0 Å². The molecule has 21 heavy (non-hydrogen) atoms. The van der Waals surface area contributed by atoms with E-state index in [2.05, 4.69) is 57.3 Å². The Kier molecular flexibility index (Phi) is 9.86. The summed E-state index contributed by atoms with van der Waals surface area (Å²) in [5.41, 5.74) is 1.39. The number of nitrogens with one attached hydrogen (secondary N) is 1. The molecule has 0 spiro atoms. The van der Waals surface area contributed by atoms with Gasteiger partial charge in [0.15, 0.2) is 0 Å². The Morgan fingerprint density at radius 2 is 1.81 bits per heavy atom. The Labute approximate surface area is 136 Å². The highest BCUT2D eigenvalue weighted by Gasteiger charge is 2.06. The Balaban J connectivity index is 2.32. The molecule has 0 saturated heterocycles. The molecule has 0 heterocycles. The van der Waals surface area contributed by atoms with Crippen LogP contribution in [0.2, 0.25) is 0 Å². The van der Waals surface area contributed by atoms with Crippen molar-refractivity contribution in [2.75, 3.05) is 12.3 Å². The van der Waals surface area contributed by atoms with Gasteiger partial charge in [-0.25, -0.2) is 0 Å². The van der Waals surface area contributed by atoms with E-state index >= 15 is 0 Å². The van der Waals surface area contributed by atoms with Gasteiger partial charge in [-0.3, -0.25) is 0 Å². The highest BCUT2D eigenvalue weighted by molar-refractivity contribution is 7.99. The van der Waals surface area contributed by atoms with Crippen molar-refractivity contribution in [1.82, 2.24) is 5.32 Å². The molecule has 0 amide bonds. The number of hydrogen-bond acceptors (Lipinski definition) is 2. The number of rotatable bonds is 11. The molecular weight excluding hydrogens is 274 g/mol. The van der Waals surface area contributed by atoms with Gasteiger partial charge in [-0.05, 0) is 42.5 Å². The summed E-state index contributed by atoms with van der Waals surface area (Å²) in [5.74, 6) is 2.86. The van der Waals surface area contributed by atoms with E-state index in [0.717, 1.165) is 19.0 Å². The molecule has 1 nitrogen and oxygen atoms in total. The van der Waals surface area contributed by atoms with Crippen LogP contribution >= 0.6 is 11.8 Å². The molecule has 0 bridgehead atoms. The van der Waals surface area contributed by atoms with Crippen molar-refractivity contribution in [3.8, 4) is 0 Å². The van der Waals surface area contributed by atoms with Gasteiger partial charge in [-0.2, -0.15) is 0 Å². The first-order valence-corrected chi connectivity index (χ1v) is 9.56. The van der Waals surface area contributed by atoms with Gasteiger partial charge in [0.25, 0.3) is 0 Å². The minimum Gasteiger partial charge on any atom is -0.312 e. The second-order valence-electron chi connectivity index (χ2n) is 6.40. The van der Waals surface area contributed by atoms with Gasteiger partial charge >= 0.3 is 0 Å². The van der Waals surface area contributed by atoms with E-state index in [-0.39, 0.29) is 0 Å². The molecule has 2 heteroatoms. The lowest BCUT2D eigenvalue weighted by atomic mass is 10.0. The van der Waals surface area contributed by atoms with Crippen LogP contribution in [0.5, 0.6) is 0 Å². The molecule has 0 aliphatic carbocycles. The Morgan fingerprint density at radius 1 is 1.10 bits per heavy atom. The minimum absolute atomic E-state index is 0.717. The molecule has 0 saturated carbocycles. The highest BCUT2D eigenvalue weighted by Crippen LogP contribution is 2.25. The first-order chi connectivity index (χ1) is 10.2. The molecule has 1 atom stereocenters. The van der Waals surface area contributed by atoms with Crippen LogP contribution < -0.4 is 5.32 Å². The van der Waals surface area contributed by atoms with Crippen LogP contribution in [0, 0.1) is 11.8 Å². The second-order valence-corrected chi connectivity index (χ2v) is 7.49. The van der Waals surface area contributed by atoms with Crippen LogP contribution in [0.3, 0.4) is 0 Å². The summed E-state index contributed by atoms with van der Waals surface area (Å²) >= 11 is 2.02. The quantitative estimate of drug-likeness (QED) is 0.523. The van der Waals surface area contributed by atoms with E-state index < -0.39 is 0 Å². The summed E-state index contributed by atoms with van der Waals surface area (Å²) in [5, 5.41) is 3.50. The van der Waals surface area contributed by atoms with Crippen molar-refractivity contribution in [2.24, 2.45) is 11.8 Å². The Bertz CT molecular complexity index is 358. The Hall–Kier alpha value is -0.470. The third kappa shape index (κ3) is 8.53. The van der Waals surface area contributed by atoms with Crippen LogP contribution in [-0.2, 0) is 6.54 Å². The maximum Gasteiger partial charge on any atom is 0.0205 e. The summed E-state index contributed by atoms with van der Waals surface area (Å²) in [6.45, 7) is 11.2. The van der Waals surface area contributed by atoms with Crippen LogP contribution in [0.15, 0.2) is 29.2 Å². The number of hydrogen-bond donors (Lipinski definition) is 1. The molecule has 0 fully saturated rings. The summed E-state index contributed by atoms with van der Waals surface area (Å²) in [7, 11) is 0. The molecule has 1 aromatic carbocycles. The van der Waals surface area contributed by atoms with Gasteiger partial charge in [-0.1, -0.05) is 59.1 Å². The standard InChI is InChI=1S/C19H33NS/c1-5-7-8-17(6-2)15-21-19-11-9-18(10-12-19)14-20-13-16(3)4/h9-12,16-17,20H,5-8,13-15H2,1-4H3. The van der Waals surface area contributed by atoms with Crippen molar-refractivity contribution in [1.29, 1.82) is 0 Å². The van der Waals surface area contributed by atoms with E-state index in [1.165, 1.54) is 41.9 Å². The lowest BCUT2D eigenvalue weighted by molar-refractivity contribution is 0.499. The summed E-state index contributed by atoms with van der Waals surface area (Å²) in [6, 6.07) is 9.10. The molecule has 1 N–H and O–H groups in total. The first-order valence-electron chi connectivity index (χ1n) is 8.58. The maximum atomic E-state index is 3.50. The maximum absolute atomic E-state index is 3.50.